The summed E-state index contributed by atoms with van der Waals surface area (Å²) < 4.78 is 37.4. The zero-order valence-electron chi connectivity index (χ0n) is 9.38. The Morgan fingerprint density at radius 3 is 2.69 bits per heavy atom. The number of nitrogens with one attached hydrogen (secondary N) is 1. The first kappa shape index (κ1) is 13.0. The summed E-state index contributed by atoms with van der Waals surface area (Å²) in [6, 6.07) is 0. The van der Waals surface area contributed by atoms with Gasteiger partial charge < -0.3 is 9.88 Å². The molecule has 0 radical (unpaired) electrons. The van der Waals surface area contributed by atoms with Crippen LogP contribution in [0.15, 0.2) is 12.4 Å². The van der Waals surface area contributed by atoms with Crippen LogP contribution in [0, 0.1) is 0 Å². The van der Waals surface area contributed by atoms with Gasteiger partial charge in [-0.3, -0.25) is 0 Å². The number of nitrogens with zero attached hydrogens (tertiary/aromatic N) is 2. The molecule has 1 aromatic heterocycles. The number of alkyl halides is 3. The molecule has 0 saturated heterocycles. The molecule has 6 heteroatoms. The summed E-state index contributed by atoms with van der Waals surface area (Å²) in [6.45, 7) is 3.85. The van der Waals surface area contributed by atoms with Crippen molar-refractivity contribution in [2.24, 2.45) is 0 Å². The minimum atomic E-state index is -4.14. The minimum Gasteiger partial charge on any atom is -0.333 e. The highest BCUT2D eigenvalue weighted by Crippen LogP contribution is 2.13. The SMILES string of the molecule is CC(C)c1nccn1CCNCC(F)(F)F. The zero-order valence-corrected chi connectivity index (χ0v) is 9.38. The van der Waals surface area contributed by atoms with Crippen molar-refractivity contribution < 1.29 is 13.2 Å². The average Bonchev–Trinajstić information content (AvgIpc) is 2.58. The highest BCUT2D eigenvalue weighted by atomic mass is 19.4. The molecule has 0 aliphatic carbocycles. The van der Waals surface area contributed by atoms with E-state index < -0.39 is 12.7 Å². The van der Waals surface area contributed by atoms with E-state index in [-0.39, 0.29) is 12.5 Å². The van der Waals surface area contributed by atoms with Crippen molar-refractivity contribution in [1.29, 1.82) is 0 Å². The van der Waals surface area contributed by atoms with Crippen molar-refractivity contribution in [3.63, 3.8) is 0 Å². The second kappa shape index (κ2) is 5.34. The fourth-order valence-electron chi connectivity index (χ4n) is 1.44. The van der Waals surface area contributed by atoms with Gasteiger partial charge in [0.25, 0.3) is 0 Å². The van der Waals surface area contributed by atoms with E-state index in [1.807, 2.05) is 18.4 Å². The number of hydrogen-bond acceptors (Lipinski definition) is 2. The maximum absolute atomic E-state index is 11.8. The molecule has 0 saturated carbocycles. The van der Waals surface area contributed by atoms with Crippen LogP contribution in [-0.4, -0.2) is 28.8 Å². The molecule has 0 bridgehead atoms. The van der Waals surface area contributed by atoms with Crippen LogP contribution in [0.4, 0.5) is 13.2 Å². The summed E-state index contributed by atoms with van der Waals surface area (Å²) in [5, 5.41) is 2.36. The number of rotatable bonds is 5. The third kappa shape index (κ3) is 4.22. The average molecular weight is 235 g/mol. The molecular formula is C10H16F3N3. The molecule has 1 heterocycles. The van der Waals surface area contributed by atoms with Gasteiger partial charge in [-0.05, 0) is 0 Å². The Balaban J connectivity index is 2.35. The molecule has 0 aliphatic heterocycles. The van der Waals surface area contributed by atoms with Crippen LogP contribution < -0.4 is 5.32 Å². The van der Waals surface area contributed by atoms with Gasteiger partial charge in [-0.15, -0.1) is 0 Å². The molecule has 1 N–H and O–H groups in total. The van der Waals surface area contributed by atoms with E-state index in [4.69, 9.17) is 0 Å². The van der Waals surface area contributed by atoms with Crippen LogP contribution in [0.2, 0.25) is 0 Å². The maximum atomic E-state index is 11.8. The number of imidazole rings is 1. The van der Waals surface area contributed by atoms with Crippen molar-refractivity contribution in [3.05, 3.63) is 18.2 Å². The van der Waals surface area contributed by atoms with Crippen LogP contribution in [0.5, 0.6) is 0 Å². The molecule has 0 spiro atoms. The standard InChI is InChI=1S/C10H16F3N3/c1-8(2)9-15-4-6-16(9)5-3-14-7-10(11,12)13/h4,6,8,14H,3,5,7H2,1-2H3. The smallest absolute Gasteiger partial charge is 0.333 e. The highest BCUT2D eigenvalue weighted by Gasteiger charge is 2.25. The molecule has 92 valence electrons. The maximum Gasteiger partial charge on any atom is 0.401 e. The van der Waals surface area contributed by atoms with Gasteiger partial charge in [0, 0.05) is 31.4 Å². The van der Waals surface area contributed by atoms with Gasteiger partial charge in [0.05, 0.1) is 6.54 Å². The molecule has 1 aromatic rings. The van der Waals surface area contributed by atoms with Gasteiger partial charge in [-0.2, -0.15) is 13.2 Å². The van der Waals surface area contributed by atoms with Crippen LogP contribution in [0.1, 0.15) is 25.6 Å². The number of aromatic nitrogens is 2. The Bertz CT molecular complexity index is 317. The molecule has 3 nitrogen and oxygen atoms in total. The van der Waals surface area contributed by atoms with E-state index in [0.717, 1.165) is 5.82 Å². The molecule has 0 fully saturated rings. The quantitative estimate of drug-likeness (QED) is 0.792. The molecular weight excluding hydrogens is 219 g/mol. The summed E-state index contributed by atoms with van der Waals surface area (Å²) in [7, 11) is 0. The van der Waals surface area contributed by atoms with E-state index in [1.165, 1.54) is 0 Å². The predicted molar refractivity (Wildman–Crippen MR) is 55.2 cm³/mol. The number of hydrogen-bond donors (Lipinski definition) is 1. The van der Waals surface area contributed by atoms with Crippen LogP contribution in [0.25, 0.3) is 0 Å². The van der Waals surface area contributed by atoms with Crippen LogP contribution in [-0.2, 0) is 6.54 Å². The monoisotopic (exact) mass is 235 g/mol. The second-order valence-electron chi connectivity index (χ2n) is 3.93. The zero-order chi connectivity index (χ0) is 12.2. The van der Waals surface area contributed by atoms with Crippen molar-refractivity contribution in [3.8, 4) is 0 Å². The van der Waals surface area contributed by atoms with E-state index in [0.29, 0.717) is 6.54 Å². The Kier molecular flexibility index (Phi) is 4.35. The fourth-order valence-corrected chi connectivity index (χ4v) is 1.44. The molecule has 0 amide bonds. The van der Waals surface area contributed by atoms with Crippen molar-refractivity contribution in [2.75, 3.05) is 13.1 Å². The lowest BCUT2D eigenvalue weighted by Gasteiger charge is -2.11. The Morgan fingerprint density at radius 1 is 1.44 bits per heavy atom. The van der Waals surface area contributed by atoms with Crippen molar-refractivity contribution in [2.45, 2.75) is 32.5 Å². The van der Waals surface area contributed by atoms with Gasteiger partial charge in [-0.25, -0.2) is 4.98 Å². The van der Waals surface area contributed by atoms with Gasteiger partial charge in [0.15, 0.2) is 0 Å². The van der Waals surface area contributed by atoms with Crippen molar-refractivity contribution >= 4 is 0 Å². The molecule has 1 rings (SSSR count). The van der Waals surface area contributed by atoms with E-state index >= 15 is 0 Å². The largest absolute Gasteiger partial charge is 0.401 e. The predicted octanol–water partition coefficient (Wildman–Crippen LogP) is 2.16. The summed E-state index contributed by atoms with van der Waals surface area (Å²) in [5.41, 5.74) is 0. The summed E-state index contributed by atoms with van der Waals surface area (Å²) in [4.78, 5) is 4.16. The molecule has 16 heavy (non-hydrogen) atoms. The van der Waals surface area contributed by atoms with E-state index in [9.17, 15) is 13.2 Å². The third-order valence-corrected chi connectivity index (χ3v) is 2.12. The first-order valence-corrected chi connectivity index (χ1v) is 5.18. The van der Waals surface area contributed by atoms with E-state index in [2.05, 4.69) is 10.3 Å². The lowest BCUT2D eigenvalue weighted by atomic mass is 10.2. The fraction of sp³-hybridized carbons (Fsp3) is 0.700. The topological polar surface area (TPSA) is 29.9 Å². The van der Waals surface area contributed by atoms with Crippen molar-refractivity contribution in [1.82, 2.24) is 14.9 Å². The second-order valence-corrected chi connectivity index (χ2v) is 3.93. The molecule has 0 atom stereocenters. The van der Waals surface area contributed by atoms with Gasteiger partial charge in [-0.1, -0.05) is 13.8 Å². The Labute approximate surface area is 92.7 Å². The molecule has 0 aromatic carbocycles. The van der Waals surface area contributed by atoms with E-state index in [1.54, 1.807) is 12.4 Å². The Morgan fingerprint density at radius 2 is 2.12 bits per heavy atom. The first-order chi connectivity index (χ1) is 7.40. The minimum absolute atomic E-state index is 0.276. The summed E-state index contributed by atoms with van der Waals surface area (Å²) in [5.74, 6) is 1.17. The summed E-state index contributed by atoms with van der Waals surface area (Å²) in [6.07, 6.45) is -0.695. The van der Waals surface area contributed by atoms with Gasteiger partial charge in [0.2, 0.25) is 0 Å². The highest BCUT2D eigenvalue weighted by molar-refractivity contribution is 4.97. The van der Waals surface area contributed by atoms with Gasteiger partial charge >= 0.3 is 6.18 Å². The summed E-state index contributed by atoms with van der Waals surface area (Å²) >= 11 is 0. The van der Waals surface area contributed by atoms with Gasteiger partial charge in [0.1, 0.15) is 5.82 Å². The Hall–Kier alpha value is -1.04. The lowest BCUT2D eigenvalue weighted by molar-refractivity contribution is -0.124. The first-order valence-electron chi connectivity index (χ1n) is 5.18. The lowest BCUT2D eigenvalue weighted by Crippen LogP contribution is -2.31. The number of halogens is 3. The molecule has 0 aliphatic rings. The third-order valence-electron chi connectivity index (χ3n) is 2.12. The van der Waals surface area contributed by atoms with Crippen LogP contribution in [0.3, 0.4) is 0 Å². The normalized spacial score (nSPS) is 12.4. The molecule has 0 unspecified atom stereocenters. The van der Waals surface area contributed by atoms with Crippen LogP contribution >= 0.6 is 0 Å².